The van der Waals surface area contributed by atoms with Crippen LogP contribution in [0, 0.1) is 0 Å². The van der Waals surface area contributed by atoms with Crippen molar-refractivity contribution in [1.29, 1.82) is 0 Å². The molecular weight excluding hydrogens is 278 g/mol. The van der Waals surface area contributed by atoms with E-state index in [4.69, 9.17) is 11.6 Å². The van der Waals surface area contributed by atoms with E-state index >= 15 is 0 Å². The van der Waals surface area contributed by atoms with E-state index in [1.807, 2.05) is 18.2 Å². The molecule has 0 spiro atoms. The maximum atomic E-state index is 5.96. The normalized spacial score (nSPS) is 11.4. The van der Waals surface area contributed by atoms with E-state index in [0.29, 0.717) is 0 Å². The summed E-state index contributed by atoms with van der Waals surface area (Å²) in [7, 11) is 0. The SMILES string of the molecule is CCCN(CC)CCNc1nc2cc(Cl)ccc2s1. The molecule has 2 rings (SSSR count). The molecule has 1 heterocycles. The van der Waals surface area contributed by atoms with Gasteiger partial charge in [-0.1, -0.05) is 36.8 Å². The van der Waals surface area contributed by atoms with Gasteiger partial charge in [-0.05, 0) is 37.7 Å². The second-order valence-electron chi connectivity index (χ2n) is 4.49. The molecule has 1 aromatic carbocycles. The fourth-order valence-electron chi connectivity index (χ4n) is 2.04. The van der Waals surface area contributed by atoms with Crippen LogP contribution in [0.5, 0.6) is 0 Å². The van der Waals surface area contributed by atoms with Gasteiger partial charge in [-0.2, -0.15) is 0 Å². The Kier molecular flexibility index (Phi) is 5.43. The molecule has 19 heavy (non-hydrogen) atoms. The lowest BCUT2D eigenvalue weighted by atomic mass is 10.3. The first kappa shape index (κ1) is 14.6. The van der Waals surface area contributed by atoms with E-state index in [1.165, 1.54) is 11.1 Å². The number of aromatic nitrogens is 1. The van der Waals surface area contributed by atoms with Gasteiger partial charge in [0.2, 0.25) is 0 Å². The molecule has 0 atom stereocenters. The fourth-order valence-corrected chi connectivity index (χ4v) is 3.08. The molecule has 1 N–H and O–H groups in total. The van der Waals surface area contributed by atoms with Crippen molar-refractivity contribution >= 4 is 38.3 Å². The highest BCUT2D eigenvalue weighted by Crippen LogP contribution is 2.27. The summed E-state index contributed by atoms with van der Waals surface area (Å²) in [5.41, 5.74) is 0.973. The van der Waals surface area contributed by atoms with Crippen molar-refractivity contribution < 1.29 is 0 Å². The Morgan fingerprint density at radius 2 is 2.16 bits per heavy atom. The number of nitrogens with one attached hydrogen (secondary N) is 1. The molecule has 0 saturated carbocycles. The number of benzene rings is 1. The minimum Gasteiger partial charge on any atom is -0.360 e. The minimum atomic E-state index is 0.740. The zero-order chi connectivity index (χ0) is 13.7. The first-order valence-electron chi connectivity index (χ1n) is 6.75. The van der Waals surface area contributed by atoms with Gasteiger partial charge in [-0.25, -0.2) is 4.98 Å². The Morgan fingerprint density at radius 1 is 1.32 bits per heavy atom. The maximum absolute atomic E-state index is 5.96. The lowest BCUT2D eigenvalue weighted by Crippen LogP contribution is -2.29. The summed E-state index contributed by atoms with van der Waals surface area (Å²) in [5, 5.41) is 5.12. The van der Waals surface area contributed by atoms with Crippen LogP contribution in [0.3, 0.4) is 0 Å². The summed E-state index contributed by atoms with van der Waals surface area (Å²) in [4.78, 5) is 6.99. The van der Waals surface area contributed by atoms with Crippen molar-refractivity contribution in [3.63, 3.8) is 0 Å². The Labute approximate surface area is 123 Å². The van der Waals surface area contributed by atoms with Crippen LogP contribution in [0.2, 0.25) is 5.02 Å². The minimum absolute atomic E-state index is 0.740. The molecule has 0 amide bonds. The van der Waals surface area contributed by atoms with Crippen LogP contribution in [-0.2, 0) is 0 Å². The van der Waals surface area contributed by atoms with Crippen molar-refractivity contribution in [1.82, 2.24) is 9.88 Å². The summed E-state index contributed by atoms with van der Waals surface area (Å²) in [6.45, 7) is 8.67. The standard InChI is InChI=1S/C14H20ClN3S/c1-3-8-18(4-2)9-7-16-14-17-12-10-11(15)5-6-13(12)19-14/h5-6,10H,3-4,7-9H2,1-2H3,(H,16,17). The molecule has 0 aliphatic carbocycles. The van der Waals surface area contributed by atoms with E-state index < -0.39 is 0 Å². The van der Waals surface area contributed by atoms with Crippen LogP contribution in [-0.4, -0.2) is 36.1 Å². The quantitative estimate of drug-likeness (QED) is 0.834. The van der Waals surface area contributed by atoms with Crippen LogP contribution in [0.15, 0.2) is 18.2 Å². The number of halogens is 1. The fraction of sp³-hybridized carbons (Fsp3) is 0.500. The topological polar surface area (TPSA) is 28.2 Å². The third-order valence-electron chi connectivity index (χ3n) is 3.04. The average molecular weight is 298 g/mol. The van der Waals surface area contributed by atoms with Gasteiger partial charge in [0.15, 0.2) is 5.13 Å². The predicted molar refractivity (Wildman–Crippen MR) is 85.5 cm³/mol. The highest BCUT2D eigenvalue weighted by molar-refractivity contribution is 7.22. The molecule has 0 aliphatic rings. The van der Waals surface area contributed by atoms with Gasteiger partial charge in [0, 0.05) is 18.1 Å². The van der Waals surface area contributed by atoms with Crippen molar-refractivity contribution in [3.05, 3.63) is 23.2 Å². The van der Waals surface area contributed by atoms with Crippen LogP contribution < -0.4 is 5.32 Å². The third kappa shape index (κ3) is 4.06. The Bertz CT molecular complexity index is 526. The summed E-state index contributed by atoms with van der Waals surface area (Å²) in [5.74, 6) is 0. The van der Waals surface area contributed by atoms with Crippen molar-refractivity contribution in [2.24, 2.45) is 0 Å². The second-order valence-corrected chi connectivity index (χ2v) is 5.96. The van der Waals surface area contributed by atoms with Gasteiger partial charge in [0.25, 0.3) is 0 Å². The molecule has 104 valence electrons. The Hall–Kier alpha value is -0.840. The smallest absolute Gasteiger partial charge is 0.183 e. The molecule has 2 aromatic rings. The monoisotopic (exact) mass is 297 g/mol. The Morgan fingerprint density at radius 3 is 2.89 bits per heavy atom. The van der Waals surface area contributed by atoms with Crippen LogP contribution in [0.1, 0.15) is 20.3 Å². The average Bonchev–Trinajstić information content (AvgIpc) is 2.79. The molecule has 1 aromatic heterocycles. The number of thiazole rings is 1. The first-order valence-corrected chi connectivity index (χ1v) is 7.94. The number of rotatable bonds is 7. The van der Waals surface area contributed by atoms with Gasteiger partial charge in [-0.3, -0.25) is 0 Å². The third-order valence-corrected chi connectivity index (χ3v) is 4.27. The van der Waals surface area contributed by atoms with E-state index in [2.05, 4.69) is 29.0 Å². The predicted octanol–water partition coefficient (Wildman–Crippen LogP) is 4.09. The van der Waals surface area contributed by atoms with E-state index in [-0.39, 0.29) is 0 Å². The van der Waals surface area contributed by atoms with E-state index in [0.717, 1.165) is 41.8 Å². The molecule has 0 saturated heterocycles. The summed E-state index contributed by atoms with van der Waals surface area (Å²) < 4.78 is 1.17. The molecule has 0 unspecified atom stereocenters. The molecule has 0 radical (unpaired) electrons. The number of likely N-dealkylation sites (N-methyl/N-ethyl adjacent to an activating group) is 1. The van der Waals surface area contributed by atoms with Gasteiger partial charge in [-0.15, -0.1) is 0 Å². The number of anilines is 1. The van der Waals surface area contributed by atoms with Gasteiger partial charge in [0.05, 0.1) is 10.2 Å². The van der Waals surface area contributed by atoms with Crippen molar-refractivity contribution in [3.8, 4) is 0 Å². The molecular formula is C14H20ClN3S. The lowest BCUT2D eigenvalue weighted by Gasteiger charge is -2.19. The summed E-state index contributed by atoms with van der Waals surface area (Å²) >= 11 is 7.64. The number of hydrogen-bond donors (Lipinski definition) is 1. The number of hydrogen-bond acceptors (Lipinski definition) is 4. The highest BCUT2D eigenvalue weighted by Gasteiger charge is 2.05. The lowest BCUT2D eigenvalue weighted by molar-refractivity contribution is 0.300. The number of fused-ring (bicyclic) bond motifs is 1. The Balaban J connectivity index is 1.91. The summed E-state index contributed by atoms with van der Waals surface area (Å²) in [6.07, 6.45) is 1.20. The second kappa shape index (κ2) is 7.08. The molecule has 3 nitrogen and oxygen atoms in total. The first-order chi connectivity index (χ1) is 9.22. The maximum Gasteiger partial charge on any atom is 0.183 e. The van der Waals surface area contributed by atoms with Crippen molar-refractivity contribution in [2.45, 2.75) is 20.3 Å². The number of nitrogens with zero attached hydrogens (tertiary/aromatic N) is 2. The molecule has 0 fully saturated rings. The summed E-state index contributed by atoms with van der Waals surface area (Å²) in [6, 6.07) is 5.84. The molecule has 0 bridgehead atoms. The zero-order valence-electron chi connectivity index (χ0n) is 11.4. The van der Waals surface area contributed by atoms with E-state index in [9.17, 15) is 0 Å². The largest absolute Gasteiger partial charge is 0.360 e. The molecule has 0 aliphatic heterocycles. The van der Waals surface area contributed by atoms with Gasteiger partial charge >= 0.3 is 0 Å². The van der Waals surface area contributed by atoms with Crippen LogP contribution in [0.25, 0.3) is 10.2 Å². The van der Waals surface area contributed by atoms with Crippen LogP contribution >= 0.6 is 22.9 Å². The molecule has 5 heteroatoms. The highest BCUT2D eigenvalue weighted by atomic mass is 35.5. The van der Waals surface area contributed by atoms with Gasteiger partial charge in [0.1, 0.15) is 0 Å². The van der Waals surface area contributed by atoms with E-state index in [1.54, 1.807) is 11.3 Å². The van der Waals surface area contributed by atoms with Gasteiger partial charge < -0.3 is 10.2 Å². The van der Waals surface area contributed by atoms with Crippen LogP contribution in [0.4, 0.5) is 5.13 Å². The van der Waals surface area contributed by atoms with Crippen molar-refractivity contribution in [2.75, 3.05) is 31.5 Å². The zero-order valence-corrected chi connectivity index (χ0v) is 13.0.